The topological polar surface area (TPSA) is 69.6 Å². The molecule has 0 amide bonds. The van der Waals surface area contributed by atoms with Gasteiger partial charge in [-0.3, -0.25) is 0 Å². The van der Waals surface area contributed by atoms with Gasteiger partial charge in [0.2, 0.25) is 5.82 Å². The van der Waals surface area contributed by atoms with E-state index in [2.05, 4.69) is 15.4 Å². The smallest absolute Gasteiger partial charge is 0.205 e. The Hall–Kier alpha value is -2.24. The van der Waals surface area contributed by atoms with Gasteiger partial charge in [-0.25, -0.2) is 0 Å². The lowest BCUT2D eigenvalue weighted by molar-refractivity contribution is 0.720. The van der Waals surface area contributed by atoms with Gasteiger partial charge in [0, 0.05) is 12.1 Å². The van der Waals surface area contributed by atoms with Crippen molar-refractivity contribution in [3.8, 4) is 17.1 Å². The number of tetrazole rings is 1. The molecule has 0 unspecified atom stereocenters. The Morgan fingerprint density at radius 1 is 1.10 bits per heavy atom. The number of nitrogens with zero attached hydrogens (tertiary/aromatic N) is 4. The molecule has 2 aromatic carbocycles. The number of halogens is 1. The standard InChI is InChI=1S/C14H12ClN5/c15-12-8-10(9-16)6-7-13(12)20-18-14(17-19-20)11-4-2-1-3-5-11/h1-8H,9,16H2. The minimum absolute atomic E-state index is 0.444. The molecule has 0 saturated carbocycles. The fourth-order valence-electron chi connectivity index (χ4n) is 1.86. The first kappa shape index (κ1) is 12.8. The fourth-order valence-corrected chi connectivity index (χ4v) is 2.14. The Labute approximate surface area is 121 Å². The van der Waals surface area contributed by atoms with Crippen LogP contribution < -0.4 is 5.73 Å². The molecule has 0 radical (unpaired) electrons. The Bertz CT molecular complexity index is 723. The van der Waals surface area contributed by atoms with E-state index in [-0.39, 0.29) is 0 Å². The third-order valence-electron chi connectivity index (χ3n) is 2.91. The Balaban J connectivity index is 1.98. The van der Waals surface area contributed by atoms with Gasteiger partial charge in [-0.05, 0) is 22.9 Å². The molecule has 0 aliphatic carbocycles. The summed E-state index contributed by atoms with van der Waals surface area (Å²) in [6, 6.07) is 15.2. The number of benzene rings is 2. The fraction of sp³-hybridized carbons (Fsp3) is 0.0714. The average Bonchev–Trinajstić information content (AvgIpc) is 2.97. The zero-order valence-electron chi connectivity index (χ0n) is 10.6. The molecule has 0 aliphatic rings. The first-order valence-corrected chi connectivity index (χ1v) is 6.50. The molecule has 0 saturated heterocycles. The molecule has 0 bridgehead atoms. The third kappa shape index (κ3) is 2.41. The van der Waals surface area contributed by atoms with Crippen LogP contribution in [0, 0.1) is 0 Å². The van der Waals surface area contributed by atoms with Crippen molar-refractivity contribution in [2.45, 2.75) is 6.54 Å². The van der Waals surface area contributed by atoms with Crippen LogP contribution >= 0.6 is 11.6 Å². The van der Waals surface area contributed by atoms with Crippen LogP contribution in [0.2, 0.25) is 5.02 Å². The van der Waals surface area contributed by atoms with Crippen LogP contribution in [0.25, 0.3) is 17.1 Å². The highest BCUT2D eigenvalue weighted by Crippen LogP contribution is 2.21. The van der Waals surface area contributed by atoms with Crippen molar-refractivity contribution in [2.24, 2.45) is 5.73 Å². The zero-order chi connectivity index (χ0) is 13.9. The maximum absolute atomic E-state index is 6.21. The van der Waals surface area contributed by atoms with Crippen molar-refractivity contribution in [3.63, 3.8) is 0 Å². The van der Waals surface area contributed by atoms with Gasteiger partial charge in [0.05, 0.1) is 5.02 Å². The normalized spacial score (nSPS) is 10.7. The van der Waals surface area contributed by atoms with Gasteiger partial charge in [-0.2, -0.15) is 0 Å². The van der Waals surface area contributed by atoms with Crippen molar-refractivity contribution in [1.29, 1.82) is 0 Å². The van der Waals surface area contributed by atoms with Crippen LogP contribution in [0.15, 0.2) is 48.5 Å². The van der Waals surface area contributed by atoms with Crippen LogP contribution in [0.1, 0.15) is 5.56 Å². The molecule has 1 heterocycles. The second-order valence-corrected chi connectivity index (χ2v) is 4.67. The van der Waals surface area contributed by atoms with Crippen LogP contribution in [0.5, 0.6) is 0 Å². The van der Waals surface area contributed by atoms with E-state index in [0.717, 1.165) is 11.1 Å². The second kappa shape index (κ2) is 5.40. The van der Waals surface area contributed by atoms with Gasteiger partial charge in [-0.15, -0.1) is 15.0 Å². The van der Waals surface area contributed by atoms with Crippen LogP contribution in [0.4, 0.5) is 0 Å². The van der Waals surface area contributed by atoms with Crippen molar-refractivity contribution >= 4 is 11.6 Å². The zero-order valence-corrected chi connectivity index (χ0v) is 11.3. The molecule has 0 aliphatic heterocycles. The monoisotopic (exact) mass is 285 g/mol. The molecular weight excluding hydrogens is 274 g/mol. The number of hydrogen-bond donors (Lipinski definition) is 1. The summed E-state index contributed by atoms with van der Waals surface area (Å²) in [6.07, 6.45) is 0. The van der Waals surface area contributed by atoms with Crippen LogP contribution in [-0.2, 0) is 6.54 Å². The van der Waals surface area contributed by atoms with Crippen molar-refractivity contribution in [3.05, 3.63) is 59.1 Å². The summed E-state index contributed by atoms with van der Waals surface area (Å²) in [6.45, 7) is 0.444. The molecule has 3 rings (SSSR count). The molecule has 2 N–H and O–H groups in total. The van der Waals surface area contributed by atoms with E-state index in [1.54, 1.807) is 0 Å². The molecule has 0 atom stereocenters. The van der Waals surface area contributed by atoms with Gasteiger partial charge in [-0.1, -0.05) is 48.0 Å². The molecule has 3 aromatic rings. The van der Waals surface area contributed by atoms with Gasteiger partial charge < -0.3 is 5.73 Å². The van der Waals surface area contributed by atoms with E-state index in [1.165, 1.54) is 4.80 Å². The van der Waals surface area contributed by atoms with E-state index in [0.29, 0.717) is 23.1 Å². The summed E-state index contributed by atoms with van der Waals surface area (Å²) in [5.41, 5.74) is 8.13. The second-order valence-electron chi connectivity index (χ2n) is 4.26. The highest BCUT2D eigenvalue weighted by Gasteiger charge is 2.10. The predicted molar refractivity (Wildman–Crippen MR) is 77.5 cm³/mol. The lowest BCUT2D eigenvalue weighted by Gasteiger charge is -2.03. The predicted octanol–water partition coefficient (Wildman–Crippen LogP) is 2.44. The minimum Gasteiger partial charge on any atom is -0.326 e. The minimum atomic E-state index is 0.444. The molecule has 100 valence electrons. The van der Waals surface area contributed by atoms with Gasteiger partial charge >= 0.3 is 0 Å². The molecule has 5 nitrogen and oxygen atoms in total. The first-order valence-electron chi connectivity index (χ1n) is 6.12. The van der Waals surface area contributed by atoms with Crippen molar-refractivity contribution < 1.29 is 0 Å². The number of hydrogen-bond acceptors (Lipinski definition) is 4. The number of rotatable bonds is 3. The molecular formula is C14H12ClN5. The third-order valence-corrected chi connectivity index (χ3v) is 3.21. The summed E-state index contributed by atoms with van der Waals surface area (Å²) in [4.78, 5) is 1.42. The highest BCUT2D eigenvalue weighted by atomic mass is 35.5. The largest absolute Gasteiger partial charge is 0.326 e. The van der Waals surface area contributed by atoms with E-state index in [1.807, 2.05) is 48.5 Å². The summed E-state index contributed by atoms with van der Waals surface area (Å²) in [7, 11) is 0. The SMILES string of the molecule is NCc1ccc(-n2nnc(-c3ccccc3)n2)c(Cl)c1. The Morgan fingerprint density at radius 3 is 2.60 bits per heavy atom. The average molecular weight is 286 g/mol. The van der Waals surface area contributed by atoms with Crippen LogP contribution in [-0.4, -0.2) is 20.2 Å². The molecule has 1 aromatic heterocycles. The summed E-state index contributed by atoms with van der Waals surface area (Å²) >= 11 is 6.21. The highest BCUT2D eigenvalue weighted by molar-refractivity contribution is 6.32. The summed E-state index contributed by atoms with van der Waals surface area (Å²) < 4.78 is 0. The Kier molecular flexibility index (Phi) is 3.45. The van der Waals surface area contributed by atoms with E-state index in [4.69, 9.17) is 17.3 Å². The summed E-state index contributed by atoms with van der Waals surface area (Å²) in [5, 5.41) is 13.0. The molecule has 20 heavy (non-hydrogen) atoms. The maximum atomic E-state index is 6.21. The van der Waals surface area contributed by atoms with Gasteiger partial charge in [0.25, 0.3) is 0 Å². The van der Waals surface area contributed by atoms with Crippen molar-refractivity contribution in [1.82, 2.24) is 20.2 Å². The first-order chi connectivity index (χ1) is 9.78. The summed E-state index contributed by atoms with van der Waals surface area (Å²) in [5.74, 6) is 0.560. The van der Waals surface area contributed by atoms with Gasteiger partial charge in [0.1, 0.15) is 5.69 Å². The van der Waals surface area contributed by atoms with E-state index in [9.17, 15) is 0 Å². The maximum Gasteiger partial charge on any atom is 0.205 e. The van der Waals surface area contributed by atoms with Crippen LogP contribution in [0.3, 0.4) is 0 Å². The number of aromatic nitrogens is 4. The van der Waals surface area contributed by atoms with Crippen molar-refractivity contribution in [2.75, 3.05) is 0 Å². The lowest BCUT2D eigenvalue weighted by Crippen LogP contribution is -2.02. The quantitative estimate of drug-likeness (QED) is 0.802. The van der Waals surface area contributed by atoms with Gasteiger partial charge in [0.15, 0.2) is 0 Å². The van der Waals surface area contributed by atoms with E-state index < -0.39 is 0 Å². The molecule has 6 heteroatoms. The lowest BCUT2D eigenvalue weighted by atomic mass is 10.2. The Morgan fingerprint density at radius 2 is 1.90 bits per heavy atom. The molecule has 0 fully saturated rings. The number of nitrogens with two attached hydrogens (primary N) is 1. The molecule has 0 spiro atoms. The van der Waals surface area contributed by atoms with E-state index >= 15 is 0 Å².